The largest absolute Gasteiger partial charge is 0.378 e. The van der Waals surface area contributed by atoms with E-state index in [-0.39, 0.29) is 11.4 Å². The molecule has 176 valence electrons. The van der Waals surface area contributed by atoms with Crippen LogP contribution in [-0.4, -0.2) is 62.9 Å². The van der Waals surface area contributed by atoms with Crippen LogP contribution in [0.4, 0.5) is 0 Å². The zero-order valence-electron chi connectivity index (χ0n) is 19.5. The molecule has 3 aliphatic rings. The van der Waals surface area contributed by atoms with Crippen LogP contribution in [0.15, 0.2) is 64.2 Å². The first kappa shape index (κ1) is 21.8. The topological polar surface area (TPSA) is 86.3 Å². The van der Waals surface area contributed by atoms with Crippen LogP contribution in [0.25, 0.3) is 22.5 Å². The van der Waals surface area contributed by atoms with Gasteiger partial charge in [-0.2, -0.15) is 10.0 Å². The normalized spacial score (nSPS) is 19.4. The van der Waals surface area contributed by atoms with E-state index in [4.69, 9.17) is 10.1 Å². The van der Waals surface area contributed by atoms with E-state index in [2.05, 4.69) is 49.9 Å². The van der Waals surface area contributed by atoms with Gasteiger partial charge in [0.2, 0.25) is 5.17 Å². The van der Waals surface area contributed by atoms with Gasteiger partial charge in [0.1, 0.15) is 0 Å². The van der Waals surface area contributed by atoms with Crippen molar-refractivity contribution in [3.05, 3.63) is 71.1 Å². The summed E-state index contributed by atoms with van der Waals surface area (Å²) in [7, 11) is 0. The van der Waals surface area contributed by atoms with Crippen molar-refractivity contribution in [2.75, 3.05) is 26.3 Å². The van der Waals surface area contributed by atoms with Crippen molar-refractivity contribution in [2.24, 2.45) is 10.1 Å². The SMILES string of the molecule is Cc1cc(/C=C2\C(=N)N3N=C(N4CCOCC4)SC3=NC2=O)c(C)n1-c1ccc2ccccc2c1. The average Bonchev–Trinajstić information content (AvgIpc) is 3.42. The van der Waals surface area contributed by atoms with Gasteiger partial charge >= 0.3 is 0 Å². The van der Waals surface area contributed by atoms with E-state index >= 15 is 0 Å². The Labute approximate surface area is 207 Å². The number of fused-ring (bicyclic) bond motifs is 2. The third kappa shape index (κ3) is 3.77. The Hall–Kier alpha value is -3.69. The smallest absolute Gasteiger partial charge is 0.283 e. The summed E-state index contributed by atoms with van der Waals surface area (Å²) in [4.78, 5) is 19.3. The summed E-state index contributed by atoms with van der Waals surface area (Å²) in [5, 5.41) is 18.3. The lowest BCUT2D eigenvalue weighted by Gasteiger charge is -2.26. The van der Waals surface area contributed by atoms with Gasteiger partial charge in [0.15, 0.2) is 11.0 Å². The summed E-state index contributed by atoms with van der Waals surface area (Å²) < 4.78 is 7.59. The van der Waals surface area contributed by atoms with E-state index in [0.29, 0.717) is 18.4 Å². The Morgan fingerprint density at radius 3 is 2.60 bits per heavy atom. The van der Waals surface area contributed by atoms with Crippen molar-refractivity contribution in [1.82, 2.24) is 14.5 Å². The van der Waals surface area contributed by atoms with E-state index in [0.717, 1.165) is 40.9 Å². The fourth-order valence-corrected chi connectivity index (χ4v) is 5.61. The molecule has 4 heterocycles. The van der Waals surface area contributed by atoms with Gasteiger partial charge in [0.05, 0.1) is 18.8 Å². The number of nitrogens with one attached hydrogen (secondary N) is 1. The first-order chi connectivity index (χ1) is 17.0. The molecule has 9 heteroatoms. The van der Waals surface area contributed by atoms with Gasteiger partial charge < -0.3 is 14.2 Å². The van der Waals surface area contributed by atoms with Gasteiger partial charge in [-0.15, -0.1) is 5.10 Å². The summed E-state index contributed by atoms with van der Waals surface area (Å²) in [6, 6.07) is 16.7. The molecule has 35 heavy (non-hydrogen) atoms. The molecule has 0 atom stereocenters. The molecule has 3 aliphatic heterocycles. The van der Waals surface area contributed by atoms with Gasteiger partial charge in [-0.1, -0.05) is 30.3 Å². The quantitative estimate of drug-likeness (QED) is 0.552. The molecule has 1 fully saturated rings. The fraction of sp³-hybridized carbons (Fsp3) is 0.231. The number of aryl methyl sites for hydroxylation is 1. The van der Waals surface area contributed by atoms with Crippen LogP contribution in [0, 0.1) is 19.3 Å². The van der Waals surface area contributed by atoms with Gasteiger partial charge in [0.25, 0.3) is 5.91 Å². The van der Waals surface area contributed by atoms with Crippen LogP contribution in [-0.2, 0) is 9.53 Å². The number of hydrogen-bond acceptors (Lipinski definition) is 6. The van der Waals surface area contributed by atoms with E-state index in [1.54, 1.807) is 6.08 Å². The molecule has 1 saturated heterocycles. The third-order valence-corrected chi connectivity index (χ3v) is 7.46. The zero-order valence-corrected chi connectivity index (χ0v) is 20.3. The maximum Gasteiger partial charge on any atom is 0.283 e. The number of morpholine rings is 1. The number of ether oxygens (including phenoxy) is 1. The highest BCUT2D eigenvalue weighted by Gasteiger charge is 2.37. The Balaban J connectivity index is 1.34. The maximum absolute atomic E-state index is 12.9. The zero-order chi connectivity index (χ0) is 24.1. The predicted octanol–water partition coefficient (Wildman–Crippen LogP) is 4.16. The number of hydrazone groups is 1. The molecule has 0 saturated carbocycles. The molecule has 0 radical (unpaired) electrons. The molecule has 6 rings (SSSR count). The van der Waals surface area contributed by atoms with Crippen molar-refractivity contribution < 1.29 is 9.53 Å². The van der Waals surface area contributed by atoms with Crippen LogP contribution in [0.3, 0.4) is 0 Å². The number of amidine groups is 3. The number of rotatable bonds is 2. The van der Waals surface area contributed by atoms with Crippen LogP contribution in [0.2, 0.25) is 0 Å². The summed E-state index contributed by atoms with van der Waals surface area (Å²) in [6.07, 6.45) is 1.76. The number of thioether (sulfide) groups is 1. The molecule has 0 bridgehead atoms. The third-order valence-electron chi connectivity index (χ3n) is 6.49. The van der Waals surface area contributed by atoms with Gasteiger partial charge in [-0.3, -0.25) is 10.2 Å². The van der Waals surface area contributed by atoms with E-state index in [1.165, 1.54) is 27.5 Å². The molecule has 0 spiro atoms. The van der Waals surface area contributed by atoms with E-state index in [1.807, 2.05) is 32.0 Å². The lowest BCUT2D eigenvalue weighted by molar-refractivity contribution is -0.114. The Kier molecular flexibility index (Phi) is 5.31. The number of nitrogens with zero attached hydrogens (tertiary/aromatic N) is 5. The molecule has 3 aromatic rings. The van der Waals surface area contributed by atoms with Crippen molar-refractivity contribution >= 4 is 50.7 Å². The minimum atomic E-state index is -0.414. The second kappa shape index (κ2) is 8.51. The number of benzene rings is 2. The van der Waals surface area contributed by atoms with Crippen molar-refractivity contribution in [1.29, 1.82) is 5.41 Å². The minimum Gasteiger partial charge on any atom is -0.378 e. The standard InChI is InChI=1S/C26H24N6O2S/c1-16-13-20(17(2)31(16)21-8-7-18-5-3-4-6-19(18)14-21)15-22-23(27)32-25(28-24(22)33)35-26(29-32)30-9-11-34-12-10-30/h3-8,13-15,27H,9-12H2,1-2H3/b22-15+,27-23?. The monoisotopic (exact) mass is 484 g/mol. The van der Waals surface area contributed by atoms with Crippen LogP contribution >= 0.6 is 11.8 Å². The lowest BCUT2D eigenvalue weighted by Crippen LogP contribution is -2.39. The number of aliphatic imine (C=N–C) groups is 1. The molecule has 8 nitrogen and oxygen atoms in total. The van der Waals surface area contributed by atoms with E-state index in [9.17, 15) is 4.79 Å². The second-order valence-corrected chi connectivity index (χ2v) is 9.63. The lowest BCUT2D eigenvalue weighted by atomic mass is 10.1. The van der Waals surface area contributed by atoms with Crippen LogP contribution in [0.5, 0.6) is 0 Å². The number of carbonyl (C=O) groups excluding carboxylic acids is 1. The summed E-state index contributed by atoms with van der Waals surface area (Å²) in [5.41, 5.74) is 4.22. The molecule has 1 N–H and O–H groups in total. The molecular weight excluding hydrogens is 460 g/mol. The molecular formula is C26H24N6O2S. The maximum atomic E-state index is 12.9. The molecule has 0 aliphatic carbocycles. The van der Waals surface area contributed by atoms with Crippen molar-refractivity contribution in [3.8, 4) is 5.69 Å². The van der Waals surface area contributed by atoms with Gasteiger partial charge in [-0.25, -0.2) is 0 Å². The van der Waals surface area contributed by atoms with Crippen molar-refractivity contribution in [2.45, 2.75) is 13.8 Å². The van der Waals surface area contributed by atoms with Gasteiger partial charge in [0, 0.05) is 30.2 Å². The number of aromatic nitrogens is 1. The first-order valence-corrected chi connectivity index (χ1v) is 12.3. The molecule has 2 aromatic carbocycles. The number of amides is 1. The summed E-state index contributed by atoms with van der Waals surface area (Å²) in [5.74, 6) is -0.367. The van der Waals surface area contributed by atoms with Crippen LogP contribution < -0.4 is 0 Å². The Morgan fingerprint density at radius 2 is 1.80 bits per heavy atom. The highest BCUT2D eigenvalue weighted by atomic mass is 32.2. The predicted molar refractivity (Wildman–Crippen MR) is 140 cm³/mol. The average molecular weight is 485 g/mol. The Bertz CT molecular complexity index is 1480. The highest BCUT2D eigenvalue weighted by molar-refractivity contribution is 8.26. The Morgan fingerprint density at radius 1 is 1.03 bits per heavy atom. The molecule has 1 aromatic heterocycles. The fourth-order valence-electron chi connectivity index (χ4n) is 4.67. The first-order valence-electron chi connectivity index (χ1n) is 11.5. The molecule has 1 amide bonds. The number of carbonyl (C=O) groups is 1. The van der Waals surface area contributed by atoms with Crippen LogP contribution in [0.1, 0.15) is 17.0 Å². The van der Waals surface area contributed by atoms with Gasteiger partial charge in [-0.05, 0) is 66.2 Å². The number of hydrogen-bond donors (Lipinski definition) is 1. The minimum absolute atomic E-state index is 0.0475. The van der Waals surface area contributed by atoms with Crippen molar-refractivity contribution in [3.63, 3.8) is 0 Å². The highest BCUT2D eigenvalue weighted by Crippen LogP contribution is 2.31. The van der Waals surface area contributed by atoms with E-state index < -0.39 is 5.91 Å². The summed E-state index contributed by atoms with van der Waals surface area (Å²) in [6.45, 7) is 6.82. The molecule has 0 unspecified atom stereocenters. The second-order valence-electron chi connectivity index (χ2n) is 8.70. The summed E-state index contributed by atoms with van der Waals surface area (Å²) >= 11 is 1.33.